The van der Waals surface area contributed by atoms with Crippen molar-refractivity contribution < 1.29 is 33.4 Å². The summed E-state index contributed by atoms with van der Waals surface area (Å²) in [4.78, 5) is 60.5. The fourth-order valence-corrected chi connectivity index (χ4v) is 3.21. The van der Waals surface area contributed by atoms with E-state index in [9.17, 15) is 24.0 Å². The number of carbonyl (C=O) groups excluding carboxylic acids is 5. The number of urea groups is 2. The van der Waals surface area contributed by atoms with Gasteiger partial charge in [-0.3, -0.25) is 24.6 Å². The standard InChI is InChI=1S/C17H26N4O7/c1-11-3-5-17(6-4-11)14(24)21(16(26)20-17)9-13(23)28-10-12(22)19-15(25)18-7-8-27-2/h11H,3-10H2,1-2H3,(H,20,26)(H2,18,19,22,25). The molecule has 2 aliphatic rings. The maximum Gasteiger partial charge on any atom is 0.326 e. The SMILES string of the molecule is COCCNC(=O)NC(=O)COC(=O)CN1C(=O)NC2(CCC(C)CC2)C1=O. The number of methoxy groups -OCH3 is 1. The van der Waals surface area contributed by atoms with Crippen LogP contribution in [0.4, 0.5) is 9.59 Å². The van der Waals surface area contributed by atoms with E-state index in [4.69, 9.17) is 9.47 Å². The number of nitrogens with zero attached hydrogens (tertiary/aromatic N) is 1. The summed E-state index contributed by atoms with van der Waals surface area (Å²) in [5, 5.41) is 7.04. The average Bonchev–Trinajstić information content (AvgIpc) is 2.87. The molecule has 3 N–H and O–H groups in total. The molecule has 0 atom stereocenters. The molecule has 0 aromatic carbocycles. The summed E-state index contributed by atoms with van der Waals surface area (Å²) in [6.07, 6.45) is 2.70. The van der Waals surface area contributed by atoms with Crippen LogP contribution in [0.2, 0.25) is 0 Å². The quantitative estimate of drug-likeness (QED) is 0.298. The highest BCUT2D eigenvalue weighted by Crippen LogP contribution is 2.36. The zero-order valence-corrected chi connectivity index (χ0v) is 16.0. The Labute approximate surface area is 162 Å². The summed E-state index contributed by atoms with van der Waals surface area (Å²) in [5.41, 5.74) is -0.943. The molecular weight excluding hydrogens is 372 g/mol. The van der Waals surface area contributed by atoms with Gasteiger partial charge in [-0.1, -0.05) is 6.92 Å². The molecule has 1 aliphatic heterocycles. The van der Waals surface area contributed by atoms with Crippen LogP contribution in [0.1, 0.15) is 32.6 Å². The van der Waals surface area contributed by atoms with E-state index in [0.717, 1.165) is 17.7 Å². The van der Waals surface area contributed by atoms with Crippen LogP contribution in [0.3, 0.4) is 0 Å². The molecule has 11 heteroatoms. The van der Waals surface area contributed by atoms with Crippen molar-refractivity contribution in [3.8, 4) is 0 Å². The van der Waals surface area contributed by atoms with Crippen LogP contribution >= 0.6 is 0 Å². The highest BCUT2D eigenvalue weighted by Gasteiger charge is 2.52. The summed E-state index contributed by atoms with van der Waals surface area (Å²) in [5.74, 6) is -1.71. The Kier molecular flexibility index (Phi) is 7.32. The van der Waals surface area contributed by atoms with Crippen molar-refractivity contribution in [3.05, 3.63) is 0 Å². The Morgan fingerprint density at radius 1 is 1.25 bits per heavy atom. The van der Waals surface area contributed by atoms with Gasteiger partial charge in [0.2, 0.25) is 0 Å². The number of carbonyl (C=O) groups is 5. The fraction of sp³-hybridized carbons (Fsp3) is 0.706. The van der Waals surface area contributed by atoms with Crippen molar-refractivity contribution in [2.24, 2.45) is 5.92 Å². The van der Waals surface area contributed by atoms with Crippen molar-refractivity contribution in [2.45, 2.75) is 38.1 Å². The van der Waals surface area contributed by atoms with E-state index in [1.807, 2.05) is 5.32 Å². The van der Waals surface area contributed by atoms with E-state index in [-0.39, 0.29) is 13.2 Å². The molecule has 0 unspecified atom stereocenters. The third-order valence-electron chi connectivity index (χ3n) is 4.87. The monoisotopic (exact) mass is 398 g/mol. The zero-order valence-electron chi connectivity index (χ0n) is 16.0. The Bertz CT molecular complexity index is 643. The maximum absolute atomic E-state index is 12.6. The highest BCUT2D eigenvalue weighted by atomic mass is 16.5. The first-order valence-electron chi connectivity index (χ1n) is 9.14. The number of imide groups is 2. The lowest BCUT2D eigenvalue weighted by molar-refractivity contribution is -0.151. The molecule has 28 heavy (non-hydrogen) atoms. The van der Waals surface area contributed by atoms with E-state index in [0.29, 0.717) is 18.8 Å². The predicted molar refractivity (Wildman–Crippen MR) is 95.0 cm³/mol. The molecule has 0 aromatic heterocycles. The molecule has 2 rings (SSSR count). The van der Waals surface area contributed by atoms with Gasteiger partial charge >= 0.3 is 18.0 Å². The zero-order chi connectivity index (χ0) is 20.7. The van der Waals surface area contributed by atoms with Gasteiger partial charge in [-0.25, -0.2) is 9.59 Å². The van der Waals surface area contributed by atoms with Crippen LogP contribution < -0.4 is 16.0 Å². The molecule has 1 saturated heterocycles. The van der Waals surface area contributed by atoms with Gasteiger partial charge in [0.1, 0.15) is 12.1 Å². The normalized spacial score (nSPS) is 24.1. The predicted octanol–water partition coefficient (Wildman–Crippen LogP) is -0.497. The van der Waals surface area contributed by atoms with Crippen molar-refractivity contribution in [3.63, 3.8) is 0 Å². The van der Waals surface area contributed by atoms with E-state index in [2.05, 4.69) is 17.6 Å². The molecule has 1 heterocycles. The molecule has 6 amide bonds. The van der Waals surface area contributed by atoms with Gasteiger partial charge in [-0.2, -0.15) is 0 Å². The molecule has 2 fully saturated rings. The minimum atomic E-state index is -0.943. The van der Waals surface area contributed by atoms with E-state index >= 15 is 0 Å². The van der Waals surface area contributed by atoms with E-state index in [1.54, 1.807) is 0 Å². The summed E-state index contributed by atoms with van der Waals surface area (Å²) < 4.78 is 9.49. The largest absolute Gasteiger partial charge is 0.454 e. The van der Waals surface area contributed by atoms with Gasteiger partial charge in [0.25, 0.3) is 11.8 Å². The van der Waals surface area contributed by atoms with Gasteiger partial charge in [-0.15, -0.1) is 0 Å². The van der Waals surface area contributed by atoms with Gasteiger partial charge < -0.3 is 20.1 Å². The Morgan fingerprint density at radius 3 is 2.57 bits per heavy atom. The summed E-state index contributed by atoms with van der Waals surface area (Å²) in [7, 11) is 1.46. The van der Waals surface area contributed by atoms with Crippen molar-refractivity contribution >= 4 is 29.8 Å². The van der Waals surface area contributed by atoms with Crippen LogP contribution in [0, 0.1) is 5.92 Å². The van der Waals surface area contributed by atoms with Crippen LogP contribution in [-0.2, 0) is 23.9 Å². The summed E-state index contributed by atoms with van der Waals surface area (Å²) in [6, 6.07) is -1.39. The number of amides is 6. The van der Waals surface area contributed by atoms with Crippen LogP contribution in [0.15, 0.2) is 0 Å². The third-order valence-corrected chi connectivity index (χ3v) is 4.87. The number of nitrogens with one attached hydrogen (secondary N) is 3. The van der Waals surface area contributed by atoms with Crippen molar-refractivity contribution in [1.82, 2.24) is 20.9 Å². The molecule has 11 nitrogen and oxygen atoms in total. The maximum atomic E-state index is 12.6. The molecule has 0 bridgehead atoms. The lowest BCUT2D eigenvalue weighted by Gasteiger charge is -2.33. The average molecular weight is 398 g/mol. The molecule has 0 aromatic rings. The second-order valence-electron chi connectivity index (χ2n) is 7.04. The van der Waals surface area contributed by atoms with E-state index < -0.39 is 48.5 Å². The first-order valence-corrected chi connectivity index (χ1v) is 9.14. The number of esters is 1. The molecule has 1 saturated carbocycles. The minimum absolute atomic E-state index is 0.210. The second kappa shape index (κ2) is 9.49. The highest BCUT2D eigenvalue weighted by molar-refractivity contribution is 6.08. The lowest BCUT2D eigenvalue weighted by Crippen LogP contribution is -2.49. The topological polar surface area (TPSA) is 143 Å². The molecular formula is C17H26N4O7. The molecule has 156 valence electrons. The van der Waals surface area contributed by atoms with Gasteiger partial charge in [0.05, 0.1) is 6.61 Å². The Hall–Kier alpha value is -2.69. The number of rotatable bonds is 7. The van der Waals surface area contributed by atoms with Crippen LogP contribution in [-0.4, -0.2) is 73.7 Å². The number of hydrogen-bond acceptors (Lipinski definition) is 7. The first kappa shape index (κ1) is 21.6. The molecule has 1 aliphatic carbocycles. The van der Waals surface area contributed by atoms with Crippen LogP contribution in [0.5, 0.6) is 0 Å². The molecule has 0 radical (unpaired) electrons. The van der Waals surface area contributed by atoms with Gasteiger partial charge in [0, 0.05) is 13.7 Å². The van der Waals surface area contributed by atoms with E-state index in [1.165, 1.54) is 7.11 Å². The van der Waals surface area contributed by atoms with Gasteiger partial charge in [0.15, 0.2) is 6.61 Å². The smallest absolute Gasteiger partial charge is 0.326 e. The number of hydrogen-bond donors (Lipinski definition) is 3. The Balaban J connectivity index is 1.76. The fourth-order valence-electron chi connectivity index (χ4n) is 3.21. The lowest BCUT2D eigenvalue weighted by atomic mass is 9.77. The van der Waals surface area contributed by atoms with Gasteiger partial charge in [-0.05, 0) is 31.6 Å². The molecule has 1 spiro atoms. The Morgan fingerprint density at radius 2 is 1.93 bits per heavy atom. The second-order valence-corrected chi connectivity index (χ2v) is 7.04. The van der Waals surface area contributed by atoms with Crippen molar-refractivity contribution in [1.29, 1.82) is 0 Å². The first-order chi connectivity index (χ1) is 13.3. The number of ether oxygens (including phenoxy) is 2. The van der Waals surface area contributed by atoms with Crippen LogP contribution in [0.25, 0.3) is 0 Å². The summed E-state index contributed by atoms with van der Waals surface area (Å²) in [6.45, 7) is 1.29. The van der Waals surface area contributed by atoms with Crippen molar-refractivity contribution in [2.75, 3.05) is 33.4 Å². The summed E-state index contributed by atoms with van der Waals surface area (Å²) >= 11 is 0. The minimum Gasteiger partial charge on any atom is -0.454 e. The third kappa shape index (κ3) is 5.41.